The van der Waals surface area contributed by atoms with E-state index in [-0.39, 0.29) is 17.7 Å². The van der Waals surface area contributed by atoms with E-state index in [1.54, 1.807) is 12.1 Å². The third-order valence-electron chi connectivity index (χ3n) is 7.75. The molecule has 1 aromatic carbocycles. The molecule has 0 radical (unpaired) electrons. The zero-order chi connectivity index (χ0) is 18.8. The van der Waals surface area contributed by atoms with E-state index in [1.165, 1.54) is 63.5 Å². The van der Waals surface area contributed by atoms with Crippen LogP contribution in [0, 0.1) is 41.3 Å². The first-order valence-corrected chi connectivity index (χ1v) is 11.1. The molecular formula is C24H33FO2. The summed E-state index contributed by atoms with van der Waals surface area (Å²) in [6, 6.07) is 5.80. The van der Waals surface area contributed by atoms with Crippen molar-refractivity contribution in [3.8, 4) is 5.75 Å². The van der Waals surface area contributed by atoms with E-state index in [4.69, 9.17) is 4.74 Å². The standard InChI is InChI=1S/C24H33FO2/c1-16-5-7-17(8-6-16)18-9-14-22-19(15-18)3-2-4-23(22)24(26)27-21-12-10-20(25)11-13-21/h10-13,16-19,22-23H,2-9,14-15H2,1H3. The molecule has 27 heavy (non-hydrogen) atoms. The van der Waals surface area contributed by atoms with Crippen molar-refractivity contribution in [2.24, 2.45) is 35.5 Å². The molecule has 0 spiro atoms. The fraction of sp³-hybridized carbons (Fsp3) is 0.708. The second-order valence-corrected chi connectivity index (χ2v) is 9.43. The molecule has 2 nitrogen and oxygen atoms in total. The van der Waals surface area contributed by atoms with Crippen LogP contribution in [0.4, 0.5) is 4.39 Å². The van der Waals surface area contributed by atoms with Gasteiger partial charge in [-0.15, -0.1) is 0 Å². The minimum absolute atomic E-state index is 0.0288. The summed E-state index contributed by atoms with van der Waals surface area (Å²) in [6.45, 7) is 2.39. The van der Waals surface area contributed by atoms with E-state index in [0.29, 0.717) is 17.6 Å². The van der Waals surface area contributed by atoms with Crippen LogP contribution < -0.4 is 4.74 Å². The maximum atomic E-state index is 13.1. The average molecular weight is 373 g/mol. The summed E-state index contributed by atoms with van der Waals surface area (Å²) in [7, 11) is 0. The van der Waals surface area contributed by atoms with Crippen LogP contribution in [0.2, 0.25) is 0 Å². The Morgan fingerprint density at radius 1 is 0.889 bits per heavy atom. The maximum Gasteiger partial charge on any atom is 0.314 e. The molecule has 3 saturated carbocycles. The topological polar surface area (TPSA) is 26.3 Å². The average Bonchev–Trinajstić information content (AvgIpc) is 2.69. The van der Waals surface area contributed by atoms with Crippen molar-refractivity contribution in [2.45, 2.75) is 71.1 Å². The number of halogens is 1. The van der Waals surface area contributed by atoms with Gasteiger partial charge < -0.3 is 4.74 Å². The summed E-state index contributed by atoms with van der Waals surface area (Å²) in [5.74, 6) is 4.00. The molecule has 3 aliphatic rings. The lowest BCUT2D eigenvalue weighted by atomic mass is 9.59. The van der Waals surface area contributed by atoms with Crippen molar-refractivity contribution in [1.82, 2.24) is 0 Å². The van der Waals surface area contributed by atoms with Gasteiger partial charge >= 0.3 is 5.97 Å². The molecule has 4 atom stereocenters. The van der Waals surface area contributed by atoms with E-state index >= 15 is 0 Å². The highest BCUT2D eigenvalue weighted by atomic mass is 19.1. The van der Waals surface area contributed by atoms with E-state index in [2.05, 4.69) is 6.92 Å². The van der Waals surface area contributed by atoms with Crippen LogP contribution in [0.15, 0.2) is 24.3 Å². The highest BCUT2D eigenvalue weighted by Gasteiger charge is 2.43. The molecule has 148 valence electrons. The number of hydrogen-bond acceptors (Lipinski definition) is 2. The van der Waals surface area contributed by atoms with Crippen molar-refractivity contribution in [3.05, 3.63) is 30.1 Å². The molecule has 3 fully saturated rings. The fourth-order valence-electron chi connectivity index (χ4n) is 6.17. The molecule has 0 aliphatic heterocycles. The summed E-state index contributed by atoms with van der Waals surface area (Å²) in [4.78, 5) is 12.8. The number of carbonyl (C=O) groups is 1. The Morgan fingerprint density at radius 3 is 2.33 bits per heavy atom. The van der Waals surface area contributed by atoms with Gasteiger partial charge in [0.25, 0.3) is 0 Å². The first-order chi connectivity index (χ1) is 13.1. The zero-order valence-corrected chi connectivity index (χ0v) is 16.5. The van der Waals surface area contributed by atoms with E-state index in [9.17, 15) is 9.18 Å². The van der Waals surface area contributed by atoms with Gasteiger partial charge in [0.05, 0.1) is 5.92 Å². The first-order valence-electron chi connectivity index (χ1n) is 11.1. The molecule has 4 rings (SSSR count). The van der Waals surface area contributed by atoms with Crippen LogP contribution >= 0.6 is 0 Å². The van der Waals surface area contributed by atoms with Crippen LogP contribution in [0.3, 0.4) is 0 Å². The Hall–Kier alpha value is -1.38. The third-order valence-corrected chi connectivity index (χ3v) is 7.75. The summed E-state index contributed by atoms with van der Waals surface area (Å²) >= 11 is 0. The largest absolute Gasteiger partial charge is 0.426 e. The molecule has 0 saturated heterocycles. The Balaban J connectivity index is 1.36. The molecule has 0 amide bonds. The molecule has 3 aliphatic carbocycles. The van der Waals surface area contributed by atoms with Crippen LogP contribution in [0.25, 0.3) is 0 Å². The van der Waals surface area contributed by atoms with Crippen LogP contribution in [0.5, 0.6) is 5.75 Å². The zero-order valence-electron chi connectivity index (χ0n) is 16.5. The van der Waals surface area contributed by atoms with E-state index in [1.807, 2.05) is 0 Å². The molecule has 0 N–H and O–H groups in total. The lowest BCUT2D eigenvalue weighted by Gasteiger charge is -2.45. The Labute approximate surface area is 162 Å². The van der Waals surface area contributed by atoms with Gasteiger partial charge in [0.15, 0.2) is 0 Å². The molecule has 4 unspecified atom stereocenters. The number of hydrogen-bond donors (Lipinski definition) is 0. The van der Waals surface area contributed by atoms with Crippen molar-refractivity contribution in [2.75, 3.05) is 0 Å². The molecule has 1 aromatic rings. The highest BCUT2D eigenvalue weighted by Crippen LogP contribution is 2.50. The van der Waals surface area contributed by atoms with Crippen molar-refractivity contribution >= 4 is 5.97 Å². The molecule has 0 bridgehead atoms. The summed E-state index contributed by atoms with van der Waals surface area (Å²) in [5.41, 5.74) is 0. The Bertz CT molecular complexity index is 632. The predicted octanol–water partition coefficient (Wildman–Crippen LogP) is 6.39. The normalized spacial score (nSPS) is 36.7. The second-order valence-electron chi connectivity index (χ2n) is 9.43. The van der Waals surface area contributed by atoms with Crippen LogP contribution in [0.1, 0.15) is 71.1 Å². The van der Waals surface area contributed by atoms with Crippen LogP contribution in [-0.4, -0.2) is 5.97 Å². The van der Waals surface area contributed by atoms with Gasteiger partial charge in [-0.2, -0.15) is 0 Å². The SMILES string of the molecule is CC1CCC(C2CCC3C(CCCC3C(=O)Oc3ccc(F)cc3)C2)CC1. The monoisotopic (exact) mass is 372 g/mol. The van der Waals surface area contributed by atoms with Gasteiger partial charge in [0, 0.05) is 0 Å². The lowest BCUT2D eigenvalue weighted by molar-refractivity contribution is -0.144. The smallest absolute Gasteiger partial charge is 0.314 e. The van der Waals surface area contributed by atoms with Gasteiger partial charge in [0.2, 0.25) is 0 Å². The molecule has 0 aromatic heterocycles. The van der Waals surface area contributed by atoms with E-state index < -0.39 is 0 Å². The lowest BCUT2D eigenvalue weighted by Crippen LogP contribution is -2.40. The quantitative estimate of drug-likeness (QED) is 0.454. The van der Waals surface area contributed by atoms with Crippen molar-refractivity contribution in [1.29, 1.82) is 0 Å². The minimum Gasteiger partial charge on any atom is -0.426 e. The third kappa shape index (κ3) is 4.38. The van der Waals surface area contributed by atoms with Crippen molar-refractivity contribution < 1.29 is 13.9 Å². The predicted molar refractivity (Wildman–Crippen MR) is 105 cm³/mol. The summed E-state index contributed by atoms with van der Waals surface area (Å²) < 4.78 is 18.7. The number of fused-ring (bicyclic) bond motifs is 1. The molecular weight excluding hydrogens is 339 g/mol. The Kier molecular flexibility index (Phi) is 5.85. The van der Waals surface area contributed by atoms with Gasteiger partial charge in [-0.05, 0) is 92.4 Å². The number of ether oxygens (including phenoxy) is 1. The second kappa shape index (κ2) is 8.32. The number of rotatable bonds is 3. The number of benzene rings is 1. The Morgan fingerprint density at radius 2 is 1.59 bits per heavy atom. The number of carbonyl (C=O) groups excluding carboxylic acids is 1. The first kappa shape index (κ1) is 19.0. The molecule has 0 heterocycles. The summed E-state index contributed by atoms with van der Waals surface area (Å²) in [6.07, 6.45) is 12.8. The van der Waals surface area contributed by atoms with Crippen molar-refractivity contribution in [3.63, 3.8) is 0 Å². The van der Waals surface area contributed by atoms with Gasteiger partial charge in [-0.3, -0.25) is 4.79 Å². The number of esters is 1. The highest BCUT2D eigenvalue weighted by molar-refractivity contribution is 5.75. The van der Waals surface area contributed by atoms with Gasteiger partial charge in [-0.1, -0.05) is 32.6 Å². The molecule has 3 heteroatoms. The van der Waals surface area contributed by atoms with Gasteiger partial charge in [0.1, 0.15) is 11.6 Å². The van der Waals surface area contributed by atoms with E-state index in [0.717, 1.165) is 30.6 Å². The minimum atomic E-state index is -0.303. The fourth-order valence-corrected chi connectivity index (χ4v) is 6.17. The van der Waals surface area contributed by atoms with Gasteiger partial charge in [-0.25, -0.2) is 4.39 Å². The van der Waals surface area contributed by atoms with Crippen LogP contribution in [-0.2, 0) is 4.79 Å². The summed E-state index contributed by atoms with van der Waals surface area (Å²) in [5, 5.41) is 0. The maximum absolute atomic E-state index is 13.1.